The van der Waals surface area contributed by atoms with Crippen LogP contribution in [0.15, 0.2) is 127 Å². The molecule has 1 fully saturated rings. The third kappa shape index (κ3) is 6.86. The van der Waals surface area contributed by atoms with Gasteiger partial charge in [-0.3, -0.25) is 4.90 Å². The normalized spacial score (nSPS) is 15.6. The van der Waals surface area contributed by atoms with Gasteiger partial charge in [0, 0.05) is 38.4 Å². The summed E-state index contributed by atoms with van der Waals surface area (Å²) < 4.78 is 6.48. The molecular weight excluding hydrogens is 504 g/mol. The Hall–Kier alpha value is -3.96. The smallest absolute Gasteiger partial charge is 0.108 e. The van der Waals surface area contributed by atoms with Gasteiger partial charge in [-0.05, 0) is 51.6 Å². The molecule has 1 aliphatic rings. The average Bonchev–Trinajstić information content (AvgIpc) is 3.03. The molecule has 0 aliphatic carbocycles. The molecule has 0 aromatic heterocycles. The first-order valence-corrected chi connectivity index (χ1v) is 14.7. The first-order valence-electron chi connectivity index (χ1n) is 14.7. The lowest BCUT2D eigenvalue weighted by atomic mass is 9.95. The maximum Gasteiger partial charge on any atom is 0.108 e. The van der Waals surface area contributed by atoms with Crippen LogP contribution in [0.25, 0.3) is 10.8 Å². The molecule has 4 heteroatoms. The van der Waals surface area contributed by atoms with Crippen molar-refractivity contribution < 1.29 is 9.84 Å². The summed E-state index contributed by atoms with van der Waals surface area (Å²) in [5, 5.41) is 13.4. The molecule has 0 saturated carbocycles. The van der Waals surface area contributed by atoms with E-state index in [0.717, 1.165) is 43.7 Å². The van der Waals surface area contributed by atoms with Crippen molar-refractivity contribution in [2.45, 2.75) is 18.6 Å². The Balaban J connectivity index is 1.03. The molecule has 1 heterocycles. The molecule has 0 spiro atoms. The van der Waals surface area contributed by atoms with Gasteiger partial charge in [0.1, 0.15) is 6.10 Å². The number of piperazine rings is 1. The number of benzene rings is 5. The van der Waals surface area contributed by atoms with Crippen LogP contribution in [0, 0.1) is 0 Å². The van der Waals surface area contributed by atoms with Gasteiger partial charge in [-0.2, -0.15) is 0 Å². The minimum absolute atomic E-state index is 0.237. The van der Waals surface area contributed by atoms with Crippen LogP contribution < -0.4 is 4.90 Å². The number of fused-ring (bicyclic) bond motifs is 1. The van der Waals surface area contributed by atoms with E-state index >= 15 is 0 Å². The van der Waals surface area contributed by atoms with Crippen LogP contribution in [0.1, 0.15) is 28.4 Å². The van der Waals surface area contributed by atoms with Gasteiger partial charge in [-0.1, -0.05) is 115 Å². The van der Waals surface area contributed by atoms with Crippen molar-refractivity contribution in [3.8, 4) is 0 Å². The number of hydrogen-bond donors (Lipinski definition) is 1. The minimum atomic E-state index is -0.556. The summed E-state index contributed by atoms with van der Waals surface area (Å²) in [6, 6.07) is 44.7. The zero-order valence-electron chi connectivity index (χ0n) is 23.5. The van der Waals surface area contributed by atoms with Gasteiger partial charge in [0.2, 0.25) is 0 Å². The number of anilines is 1. The second-order valence-electron chi connectivity index (χ2n) is 11.0. The van der Waals surface area contributed by atoms with E-state index in [-0.39, 0.29) is 12.7 Å². The molecule has 4 nitrogen and oxygen atoms in total. The van der Waals surface area contributed by atoms with E-state index < -0.39 is 6.10 Å². The van der Waals surface area contributed by atoms with Gasteiger partial charge in [0.05, 0.1) is 12.7 Å². The number of nitrogens with zero attached hydrogens (tertiary/aromatic N) is 2. The second-order valence-corrected chi connectivity index (χ2v) is 11.0. The predicted octanol–water partition coefficient (Wildman–Crippen LogP) is 6.72. The van der Waals surface area contributed by atoms with Crippen LogP contribution in [-0.4, -0.2) is 55.4 Å². The summed E-state index contributed by atoms with van der Waals surface area (Å²) >= 11 is 0. The summed E-state index contributed by atoms with van der Waals surface area (Å²) in [4.78, 5) is 4.79. The average molecular weight is 543 g/mol. The summed E-state index contributed by atoms with van der Waals surface area (Å²) in [5.41, 5.74) is 6.16. The third-order valence-electron chi connectivity index (χ3n) is 8.06. The van der Waals surface area contributed by atoms with Gasteiger partial charge in [-0.15, -0.1) is 0 Å². The molecule has 1 saturated heterocycles. The van der Waals surface area contributed by atoms with Gasteiger partial charge < -0.3 is 14.7 Å². The van der Waals surface area contributed by atoms with Crippen molar-refractivity contribution in [2.24, 2.45) is 0 Å². The van der Waals surface area contributed by atoms with Crippen LogP contribution in [0.3, 0.4) is 0 Å². The van der Waals surface area contributed by atoms with Crippen molar-refractivity contribution >= 4 is 16.5 Å². The highest BCUT2D eigenvalue weighted by Crippen LogP contribution is 2.32. The molecule has 0 amide bonds. The first kappa shape index (κ1) is 27.2. The zero-order chi connectivity index (χ0) is 27.9. The molecule has 208 valence electrons. The lowest BCUT2D eigenvalue weighted by Gasteiger charge is -2.37. The Morgan fingerprint density at radius 3 is 2.02 bits per heavy atom. The van der Waals surface area contributed by atoms with Crippen molar-refractivity contribution in [1.29, 1.82) is 0 Å². The molecule has 2 unspecified atom stereocenters. The van der Waals surface area contributed by atoms with Crippen molar-refractivity contribution in [1.82, 2.24) is 4.90 Å². The first-order chi connectivity index (χ1) is 20.2. The Bertz CT molecular complexity index is 1510. The second kappa shape index (κ2) is 13.1. The van der Waals surface area contributed by atoms with E-state index in [1.54, 1.807) is 0 Å². The van der Waals surface area contributed by atoms with E-state index in [2.05, 4.69) is 119 Å². The predicted molar refractivity (Wildman–Crippen MR) is 169 cm³/mol. The van der Waals surface area contributed by atoms with Gasteiger partial charge in [0.15, 0.2) is 0 Å². The topological polar surface area (TPSA) is 35.9 Å². The number of aliphatic hydroxyl groups is 1. The minimum Gasteiger partial charge on any atom is -0.389 e. The molecule has 41 heavy (non-hydrogen) atoms. The maximum absolute atomic E-state index is 11.0. The van der Waals surface area contributed by atoms with Crippen LogP contribution >= 0.6 is 0 Å². The SMILES string of the molecule is OC(COC(c1ccccc1)c1cccc2ccccc12)CN1CCN(c2ccc(Cc3ccccc3)cc2)CC1. The van der Waals surface area contributed by atoms with Crippen molar-refractivity contribution in [3.63, 3.8) is 0 Å². The molecular formula is C37H38N2O2. The van der Waals surface area contributed by atoms with Crippen LogP contribution in [0.2, 0.25) is 0 Å². The fourth-order valence-electron chi connectivity index (χ4n) is 5.88. The molecule has 1 aliphatic heterocycles. The van der Waals surface area contributed by atoms with E-state index in [0.29, 0.717) is 6.54 Å². The van der Waals surface area contributed by atoms with Gasteiger partial charge in [0.25, 0.3) is 0 Å². The molecule has 5 aromatic rings. The summed E-state index contributed by atoms with van der Waals surface area (Å²) in [5.74, 6) is 0. The number of rotatable bonds is 10. The highest BCUT2D eigenvalue weighted by atomic mass is 16.5. The van der Waals surface area contributed by atoms with Crippen LogP contribution in [0.4, 0.5) is 5.69 Å². The quantitative estimate of drug-likeness (QED) is 0.213. The lowest BCUT2D eigenvalue weighted by molar-refractivity contribution is -0.00851. The van der Waals surface area contributed by atoms with Crippen LogP contribution in [-0.2, 0) is 11.2 Å². The van der Waals surface area contributed by atoms with Crippen molar-refractivity contribution in [3.05, 3.63) is 150 Å². The maximum atomic E-state index is 11.0. The fraction of sp³-hybridized carbons (Fsp3) is 0.243. The standard InChI is InChI=1S/C37H38N2O2/c40-34(28-41-37(32-13-5-2-6-14-32)36-17-9-15-31-12-7-8-16-35(31)36)27-38-22-24-39(25-23-38)33-20-18-30(19-21-33)26-29-10-3-1-4-11-29/h1-21,34,37,40H,22-28H2. The zero-order valence-corrected chi connectivity index (χ0v) is 23.5. The molecule has 6 rings (SSSR count). The lowest BCUT2D eigenvalue weighted by Crippen LogP contribution is -2.49. The summed E-state index contributed by atoms with van der Waals surface area (Å²) in [6.45, 7) is 4.65. The van der Waals surface area contributed by atoms with Gasteiger partial charge >= 0.3 is 0 Å². The number of β-amino-alcohol motifs (C(OH)–C–C–N with tert-alkyl or cyclic N) is 1. The Morgan fingerprint density at radius 2 is 1.27 bits per heavy atom. The Kier molecular flexibility index (Phi) is 8.72. The molecule has 0 radical (unpaired) electrons. The highest BCUT2D eigenvalue weighted by molar-refractivity contribution is 5.86. The van der Waals surface area contributed by atoms with E-state index in [9.17, 15) is 5.11 Å². The van der Waals surface area contributed by atoms with Crippen molar-refractivity contribution in [2.75, 3.05) is 44.2 Å². The Morgan fingerprint density at radius 1 is 0.634 bits per heavy atom. The number of hydrogen-bond acceptors (Lipinski definition) is 4. The molecule has 5 aromatic carbocycles. The molecule has 0 bridgehead atoms. The van der Waals surface area contributed by atoms with E-state index in [1.165, 1.54) is 27.6 Å². The van der Waals surface area contributed by atoms with E-state index in [1.807, 2.05) is 18.2 Å². The molecule has 2 atom stereocenters. The summed E-state index contributed by atoms with van der Waals surface area (Å²) in [6.07, 6.45) is 0.166. The van der Waals surface area contributed by atoms with Gasteiger partial charge in [-0.25, -0.2) is 0 Å². The Labute approximate surface area is 243 Å². The monoisotopic (exact) mass is 542 g/mol. The van der Waals surface area contributed by atoms with Crippen LogP contribution in [0.5, 0.6) is 0 Å². The highest BCUT2D eigenvalue weighted by Gasteiger charge is 2.22. The summed E-state index contributed by atoms with van der Waals surface area (Å²) in [7, 11) is 0. The number of aliphatic hydroxyl groups excluding tert-OH is 1. The largest absolute Gasteiger partial charge is 0.389 e. The van der Waals surface area contributed by atoms with E-state index in [4.69, 9.17) is 4.74 Å². The fourth-order valence-corrected chi connectivity index (χ4v) is 5.88. The molecule has 1 N–H and O–H groups in total. The third-order valence-corrected chi connectivity index (χ3v) is 8.06. The number of ether oxygens (including phenoxy) is 1.